The standard InChI is InChI=1S/C20H17FN6O/c1-27-25-19(24-26-27)18(14-6-8-17(21)9-7-14)20(28,15-4-2-10-22-12-15)16-5-3-11-23-13-16/h2-13,18,28H,1H3. The lowest BCUT2D eigenvalue weighted by Gasteiger charge is -2.35. The van der Waals surface area contributed by atoms with Gasteiger partial charge in [0.05, 0.1) is 13.0 Å². The molecule has 3 aromatic heterocycles. The van der Waals surface area contributed by atoms with Crippen molar-refractivity contribution in [3.05, 3.63) is 102 Å². The molecule has 0 fully saturated rings. The lowest BCUT2D eigenvalue weighted by Crippen LogP contribution is -2.36. The van der Waals surface area contributed by atoms with Crippen molar-refractivity contribution in [3.8, 4) is 0 Å². The number of hydrogen-bond donors (Lipinski definition) is 1. The zero-order chi connectivity index (χ0) is 19.6. The summed E-state index contributed by atoms with van der Waals surface area (Å²) in [6.45, 7) is 0. The van der Waals surface area contributed by atoms with Crippen LogP contribution in [0.5, 0.6) is 0 Å². The quantitative estimate of drug-likeness (QED) is 0.574. The molecule has 0 spiro atoms. The number of halogens is 1. The normalized spacial score (nSPS) is 12.7. The second-order valence-electron chi connectivity index (χ2n) is 6.37. The summed E-state index contributed by atoms with van der Waals surface area (Å²) in [5, 5.41) is 24.5. The van der Waals surface area contributed by atoms with Gasteiger partial charge in [-0.05, 0) is 35.0 Å². The van der Waals surface area contributed by atoms with Crippen LogP contribution in [0.15, 0.2) is 73.3 Å². The Morgan fingerprint density at radius 3 is 2.04 bits per heavy atom. The first-order chi connectivity index (χ1) is 13.6. The Balaban J connectivity index is 2.00. The van der Waals surface area contributed by atoms with Crippen molar-refractivity contribution < 1.29 is 9.50 Å². The van der Waals surface area contributed by atoms with E-state index >= 15 is 0 Å². The predicted octanol–water partition coefficient (Wildman–Crippen LogP) is 2.21. The molecular weight excluding hydrogens is 359 g/mol. The lowest BCUT2D eigenvalue weighted by molar-refractivity contribution is 0.0589. The number of aryl methyl sites for hydroxylation is 1. The molecule has 0 aliphatic carbocycles. The van der Waals surface area contributed by atoms with Crippen molar-refractivity contribution in [2.45, 2.75) is 11.5 Å². The third kappa shape index (κ3) is 3.14. The minimum absolute atomic E-state index is 0.296. The van der Waals surface area contributed by atoms with Crippen LogP contribution in [0.25, 0.3) is 0 Å². The summed E-state index contributed by atoms with van der Waals surface area (Å²) < 4.78 is 13.6. The molecule has 1 N–H and O–H groups in total. The number of nitrogens with zero attached hydrogens (tertiary/aromatic N) is 6. The van der Waals surface area contributed by atoms with Crippen LogP contribution in [0.1, 0.15) is 28.4 Å². The van der Waals surface area contributed by atoms with Crippen LogP contribution < -0.4 is 0 Å². The van der Waals surface area contributed by atoms with Crippen LogP contribution in [0.4, 0.5) is 4.39 Å². The van der Waals surface area contributed by atoms with Gasteiger partial charge in [0.2, 0.25) is 0 Å². The molecular formula is C20H17FN6O. The van der Waals surface area contributed by atoms with E-state index in [-0.39, 0.29) is 5.82 Å². The van der Waals surface area contributed by atoms with E-state index in [4.69, 9.17) is 0 Å². The van der Waals surface area contributed by atoms with E-state index in [0.717, 1.165) is 0 Å². The number of benzene rings is 1. The number of aromatic nitrogens is 6. The molecule has 7 nitrogen and oxygen atoms in total. The molecule has 1 unspecified atom stereocenters. The number of aliphatic hydroxyl groups is 1. The summed E-state index contributed by atoms with van der Waals surface area (Å²) in [5.74, 6) is -0.847. The van der Waals surface area contributed by atoms with Gasteiger partial charge in [0, 0.05) is 35.9 Å². The van der Waals surface area contributed by atoms with Crippen molar-refractivity contribution in [1.29, 1.82) is 0 Å². The highest BCUT2D eigenvalue weighted by atomic mass is 19.1. The summed E-state index contributed by atoms with van der Waals surface area (Å²) in [6.07, 6.45) is 6.42. The van der Waals surface area contributed by atoms with Gasteiger partial charge in [-0.2, -0.15) is 4.80 Å². The van der Waals surface area contributed by atoms with Crippen LogP contribution in [0.2, 0.25) is 0 Å². The average molecular weight is 376 g/mol. The third-order valence-electron chi connectivity index (χ3n) is 4.61. The van der Waals surface area contributed by atoms with E-state index in [0.29, 0.717) is 22.5 Å². The van der Waals surface area contributed by atoms with E-state index in [1.165, 1.54) is 16.9 Å². The molecule has 4 aromatic rings. The fourth-order valence-corrected chi connectivity index (χ4v) is 3.32. The Labute approximate surface area is 160 Å². The molecule has 28 heavy (non-hydrogen) atoms. The molecule has 0 saturated carbocycles. The van der Waals surface area contributed by atoms with E-state index in [1.54, 1.807) is 68.2 Å². The van der Waals surface area contributed by atoms with Crippen LogP contribution in [-0.2, 0) is 12.6 Å². The van der Waals surface area contributed by atoms with Crippen molar-refractivity contribution in [2.75, 3.05) is 0 Å². The molecule has 0 aliphatic heterocycles. The minimum Gasteiger partial charge on any atom is -0.379 e. The number of tetrazole rings is 1. The highest BCUT2D eigenvalue weighted by molar-refractivity contribution is 5.43. The summed E-state index contributed by atoms with van der Waals surface area (Å²) in [6, 6.07) is 12.9. The van der Waals surface area contributed by atoms with Crippen molar-refractivity contribution >= 4 is 0 Å². The van der Waals surface area contributed by atoms with E-state index < -0.39 is 11.5 Å². The maximum absolute atomic E-state index is 13.6. The van der Waals surface area contributed by atoms with E-state index in [1.807, 2.05) is 0 Å². The molecule has 0 radical (unpaired) electrons. The summed E-state index contributed by atoms with van der Waals surface area (Å²) in [5.41, 5.74) is 0.0859. The Hall–Kier alpha value is -3.52. The van der Waals surface area contributed by atoms with Gasteiger partial charge in [0.15, 0.2) is 5.82 Å². The second kappa shape index (κ2) is 7.24. The fraction of sp³-hybridized carbons (Fsp3) is 0.150. The fourth-order valence-electron chi connectivity index (χ4n) is 3.32. The first-order valence-electron chi connectivity index (χ1n) is 8.62. The first-order valence-corrected chi connectivity index (χ1v) is 8.62. The maximum Gasteiger partial charge on any atom is 0.185 e. The first kappa shape index (κ1) is 17.9. The van der Waals surface area contributed by atoms with E-state index in [9.17, 15) is 9.50 Å². The second-order valence-corrected chi connectivity index (χ2v) is 6.37. The monoisotopic (exact) mass is 376 g/mol. The van der Waals surface area contributed by atoms with Gasteiger partial charge < -0.3 is 5.11 Å². The summed E-state index contributed by atoms with van der Waals surface area (Å²) in [4.78, 5) is 9.64. The SMILES string of the molecule is Cn1nnc(C(c2ccc(F)cc2)C(O)(c2cccnc2)c2cccnc2)n1. The zero-order valence-corrected chi connectivity index (χ0v) is 15.0. The van der Waals surface area contributed by atoms with Crippen LogP contribution in [0, 0.1) is 5.82 Å². The number of rotatable bonds is 5. The molecule has 3 heterocycles. The summed E-state index contributed by atoms with van der Waals surface area (Å²) >= 11 is 0. The number of pyridine rings is 2. The molecule has 140 valence electrons. The maximum atomic E-state index is 13.6. The Morgan fingerprint density at radius 2 is 1.57 bits per heavy atom. The predicted molar refractivity (Wildman–Crippen MR) is 98.5 cm³/mol. The van der Waals surface area contributed by atoms with Gasteiger partial charge in [-0.1, -0.05) is 24.3 Å². The molecule has 0 amide bonds. The van der Waals surface area contributed by atoms with Gasteiger partial charge in [-0.25, -0.2) is 4.39 Å². The molecule has 8 heteroatoms. The topological polar surface area (TPSA) is 89.6 Å². The largest absolute Gasteiger partial charge is 0.379 e. The van der Waals surface area contributed by atoms with Gasteiger partial charge in [0.25, 0.3) is 0 Å². The Bertz CT molecular complexity index is 1010. The summed E-state index contributed by atoms with van der Waals surface area (Å²) in [7, 11) is 1.64. The molecule has 1 aromatic carbocycles. The molecule has 0 aliphatic rings. The van der Waals surface area contributed by atoms with Gasteiger partial charge in [-0.3, -0.25) is 9.97 Å². The van der Waals surface area contributed by atoms with Gasteiger partial charge in [-0.15, -0.1) is 10.2 Å². The van der Waals surface area contributed by atoms with E-state index in [2.05, 4.69) is 25.4 Å². The highest BCUT2D eigenvalue weighted by Crippen LogP contribution is 2.44. The van der Waals surface area contributed by atoms with Crippen molar-refractivity contribution in [3.63, 3.8) is 0 Å². The minimum atomic E-state index is -1.61. The highest BCUT2D eigenvalue weighted by Gasteiger charge is 2.45. The molecule has 1 atom stereocenters. The van der Waals surface area contributed by atoms with Gasteiger partial charge in [0.1, 0.15) is 11.4 Å². The molecule has 0 bridgehead atoms. The number of hydrogen-bond acceptors (Lipinski definition) is 6. The smallest absolute Gasteiger partial charge is 0.185 e. The zero-order valence-electron chi connectivity index (χ0n) is 15.0. The lowest BCUT2D eigenvalue weighted by atomic mass is 9.73. The third-order valence-corrected chi connectivity index (χ3v) is 4.61. The molecule has 0 saturated heterocycles. The Kier molecular flexibility index (Phi) is 4.62. The molecule has 4 rings (SSSR count). The van der Waals surface area contributed by atoms with Crippen molar-refractivity contribution in [1.82, 2.24) is 30.2 Å². The van der Waals surface area contributed by atoms with Crippen LogP contribution in [-0.4, -0.2) is 35.3 Å². The average Bonchev–Trinajstić information content (AvgIpc) is 3.16. The van der Waals surface area contributed by atoms with Crippen LogP contribution >= 0.6 is 0 Å². The van der Waals surface area contributed by atoms with Crippen molar-refractivity contribution in [2.24, 2.45) is 7.05 Å². The van der Waals surface area contributed by atoms with Crippen LogP contribution in [0.3, 0.4) is 0 Å². The van der Waals surface area contributed by atoms with Gasteiger partial charge >= 0.3 is 0 Å². The Morgan fingerprint density at radius 1 is 0.964 bits per heavy atom.